The first kappa shape index (κ1) is 12.8. The van der Waals surface area contributed by atoms with Gasteiger partial charge in [-0.3, -0.25) is 9.59 Å². The van der Waals surface area contributed by atoms with Crippen LogP contribution in [0.1, 0.15) is 24.5 Å². The summed E-state index contributed by atoms with van der Waals surface area (Å²) in [7, 11) is 0. The number of imide groups is 1. The minimum absolute atomic E-state index is 0.00644. The Morgan fingerprint density at radius 2 is 1.95 bits per heavy atom. The van der Waals surface area contributed by atoms with E-state index in [1.807, 2.05) is 39.0 Å². The lowest BCUT2D eigenvalue weighted by atomic mass is 9.71. The smallest absolute Gasteiger partial charge is 0.241 e. The number of hydrogen-bond acceptors (Lipinski definition) is 2. The van der Waals surface area contributed by atoms with E-state index in [2.05, 4.69) is 12.2 Å². The molecule has 2 amide bonds. The van der Waals surface area contributed by atoms with Gasteiger partial charge < -0.3 is 0 Å². The summed E-state index contributed by atoms with van der Waals surface area (Å²) in [5.74, 6) is 0.279. The second-order valence-electron chi connectivity index (χ2n) is 6.85. The highest BCUT2D eigenvalue weighted by Gasteiger charge is 2.67. The molecule has 3 nitrogen and oxygen atoms in total. The quantitative estimate of drug-likeness (QED) is 0.586. The van der Waals surface area contributed by atoms with Crippen molar-refractivity contribution in [2.75, 3.05) is 4.90 Å². The summed E-state index contributed by atoms with van der Waals surface area (Å²) in [6.45, 7) is 5.98. The Kier molecular flexibility index (Phi) is 2.35. The summed E-state index contributed by atoms with van der Waals surface area (Å²) >= 11 is 0. The minimum atomic E-state index is -0.535. The maximum atomic E-state index is 13.0. The summed E-state index contributed by atoms with van der Waals surface area (Å²) in [5, 5.41) is 0. The van der Waals surface area contributed by atoms with Crippen molar-refractivity contribution >= 4 is 17.5 Å². The lowest BCUT2D eigenvalue weighted by Crippen LogP contribution is -2.37. The van der Waals surface area contributed by atoms with Crippen LogP contribution in [-0.4, -0.2) is 11.8 Å². The van der Waals surface area contributed by atoms with Gasteiger partial charge in [-0.15, -0.1) is 0 Å². The lowest BCUT2D eigenvalue weighted by molar-refractivity contribution is -0.127. The van der Waals surface area contributed by atoms with Crippen molar-refractivity contribution in [1.82, 2.24) is 0 Å². The molecule has 1 aromatic carbocycles. The molecule has 108 valence electrons. The Hall–Kier alpha value is -1.90. The summed E-state index contributed by atoms with van der Waals surface area (Å²) in [5.41, 5.74) is 2.35. The number of carbonyl (C=O) groups excluding carboxylic acids is 2. The number of hydrogen-bond donors (Lipinski definition) is 0. The summed E-state index contributed by atoms with van der Waals surface area (Å²) in [4.78, 5) is 27.4. The van der Waals surface area contributed by atoms with Crippen molar-refractivity contribution < 1.29 is 9.59 Å². The molecule has 3 heteroatoms. The Labute approximate surface area is 124 Å². The van der Waals surface area contributed by atoms with Crippen LogP contribution < -0.4 is 4.90 Å². The van der Waals surface area contributed by atoms with Crippen molar-refractivity contribution in [3.05, 3.63) is 41.5 Å². The fraction of sp³-hybridized carbons (Fsp3) is 0.444. The number of allylic oxidation sites excluding steroid dienone is 2. The summed E-state index contributed by atoms with van der Waals surface area (Å²) < 4.78 is 0. The monoisotopic (exact) mass is 281 g/mol. The summed E-state index contributed by atoms with van der Waals surface area (Å²) in [6, 6.07) is 5.82. The highest BCUT2D eigenvalue weighted by Crippen LogP contribution is 2.61. The molecule has 1 saturated carbocycles. The van der Waals surface area contributed by atoms with E-state index in [4.69, 9.17) is 0 Å². The van der Waals surface area contributed by atoms with Crippen LogP contribution in [-0.2, 0) is 9.59 Å². The van der Waals surface area contributed by atoms with E-state index in [0.29, 0.717) is 0 Å². The molecule has 0 aromatic heterocycles. The largest absolute Gasteiger partial charge is 0.274 e. The Balaban J connectivity index is 1.85. The number of anilines is 1. The van der Waals surface area contributed by atoms with E-state index >= 15 is 0 Å². The van der Waals surface area contributed by atoms with Crippen LogP contribution in [0, 0.1) is 37.0 Å². The van der Waals surface area contributed by atoms with E-state index in [1.54, 1.807) is 0 Å². The fourth-order valence-corrected chi connectivity index (χ4v) is 4.51. The van der Waals surface area contributed by atoms with Gasteiger partial charge in [0, 0.05) is 0 Å². The average molecular weight is 281 g/mol. The van der Waals surface area contributed by atoms with Gasteiger partial charge in [-0.2, -0.15) is 0 Å². The van der Waals surface area contributed by atoms with E-state index in [0.717, 1.165) is 23.2 Å². The standard InChI is InChI=1S/C18H19NO2/c1-10-5-4-6-14(11(10)2)19-16(20)15-12-7-8-13(9-12)18(15,3)17(19)21/h4-8,12-13,15H,9H2,1-3H3/t12-,13-,15-,18+/m0/s1. The highest BCUT2D eigenvalue weighted by atomic mass is 16.2. The van der Waals surface area contributed by atoms with Crippen LogP contribution in [0.25, 0.3) is 0 Å². The van der Waals surface area contributed by atoms with Gasteiger partial charge in [-0.05, 0) is 56.2 Å². The number of carbonyl (C=O) groups is 2. The maximum absolute atomic E-state index is 13.0. The van der Waals surface area contributed by atoms with Crippen LogP contribution >= 0.6 is 0 Å². The zero-order valence-corrected chi connectivity index (χ0v) is 12.6. The number of benzene rings is 1. The van der Waals surface area contributed by atoms with Crippen molar-refractivity contribution in [3.8, 4) is 0 Å². The Bertz CT molecular complexity index is 705. The zero-order valence-electron chi connectivity index (χ0n) is 12.6. The molecule has 2 aliphatic carbocycles. The third-order valence-electron chi connectivity index (χ3n) is 5.93. The maximum Gasteiger partial charge on any atom is 0.241 e. The molecule has 1 aliphatic heterocycles. The van der Waals surface area contributed by atoms with Gasteiger partial charge in [-0.1, -0.05) is 24.3 Å². The summed E-state index contributed by atoms with van der Waals surface area (Å²) in [6.07, 6.45) is 5.23. The molecule has 0 radical (unpaired) electrons. The van der Waals surface area contributed by atoms with E-state index in [-0.39, 0.29) is 29.6 Å². The van der Waals surface area contributed by atoms with Gasteiger partial charge in [0.1, 0.15) is 0 Å². The third kappa shape index (κ3) is 1.34. The molecule has 0 N–H and O–H groups in total. The number of rotatable bonds is 1. The van der Waals surface area contributed by atoms with Gasteiger partial charge in [0.15, 0.2) is 0 Å². The second-order valence-corrected chi connectivity index (χ2v) is 6.85. The molecule has 3 aliphatic rings. The topological polar surface area (TPSA) is 37.4 Å². The predicted octanol–water partition coefficient (Wildman–Crippen LogP) is 3.01. The average Bonchev–Trinajstić information content (AvgIpc) is 3.07. The van der Waals surface area contributed by atoms with Gasteiger partial charge in [0.2, 0.25) is 11.8 Å². The Morgan fingerprint density at radius 1 is 1.19 bits per heavy atom. The minimum Gasteiger partial charge on any atom is -0.274 e. The van der Waals surface area contributed by atoms with Gasteiger partial charge in [0.05, 0.1) is 17.0 Å². The third-order valence-corrected chi connectivity index (χ3v) is 5.93. The molecule has 1 aromatic rings. The number of aryl methyl sites for hydroxylation is 1. The molecule has 1 heterocycles. The normalized spacial score (nSPS) is 36.7. The van der Waals surface area contributed by atoms with Gasteiger partial charge in [-0.25, -0.2) is 4.90 Å². The number of amides is 2. The lowest BCUT2D eigenvalue weighted by Gasteiger charge is -2.28. The molecule has 0 spiro atoms. The molecule has 4 atom stereocenters. The molecule has 2 bridgehead atoms. The van der Waals surface area contributed by atoms with Gasteiger partial charge in [0.25, 0.3) is 0 Å². The highest BCUT2D eigenvalue weighted by molar-refractivity contribution is 6.24. The van der Waals surface area contributed by atoms with Crippen LogP contribution in [0.15, 0.2) is 30.4 Å². The van der Waals surface area contributed by atoms with Gasteiger partial charge >= 0.3 is 0 Å². The first-order chi connectivity index (χ1) is 9.96. The fourth-order valence-electron chi connectivity index (χ4n) is 4.51. The van der Waals surface area contributed by atoms with Crippen LogP contribution in [0.5, 0.6) is 0 Å². The van der Waals surface area contributed by atoms with E-state index in [9.17, 15) is 9.59 Å². The number of nitrogens with zero attached hydrogens (tertiary/aromatic N) is 1. The molecule has 1 saturated heterocycles. The first-order valence-corrected chi connectivity index (χ1v) is 7.59. The predicted molar refractivity (Wildman–Crippen MR) is 80.7 cm³/mol. The van der Waals surface area contributed by atoms with Crippen LogP contribution in [0.3, 0.4) is 0 Å². The molecule has 4 rings (SSSR count). The SMILES string of the molecule is Cc1cccc(N2C(=O)[C@@H]3[C@H]4C=C[C@@H](C4)[C@@]3(C)C2=O)c1C. The van der Waals surface area contributed by atoms with E-state index in [1.165, 1.54) is 4.90 Å². The zero-order chi connectivity index (χ0) is 14.9. The van der Waals surface area contributed by atoms with Crippen molar-refractivity contribution in [3.63, 3.8) is 0 Å². The molecular weight excluding hydrogens is 262 g/mol. The second kappa shape index (κ2) is 3.85. The molecule has 2 fully saturated rings. The molecule has 0 unspecified atom stereocenters. The van der Waals surface area contributed by atoms with Crippen molar-refractivity contribution in [2.45, 2.75) is 27.2 Å². The Morgan fingerprint density at radius 3 is 2.67 bits per heavy atom. The molecule has 21 heavy (non-hydrogen) atoms. The van der Waals surface area contributed by atoms with Crippen LogP contribution in [0.4, 0.5) is 5.69 Å². The molecular formula is C18H19NO2. The number of fused-ring (bicyclic) bond motifs is 5. The van der Waals surface area contributed by atoms with Crippen molar-refractivity contribution in [2.24, 2.45) is 23.2 Å². The van der Waals surface area contributed by atoms with Crippen molar-refractivity contribution in [1.29, 1.82) is 0 Å². The van der Waals surface area contributed by atoms with Crippen LogP contribution in [0.2, 0.25) is 0 Å². The van der Waals surface area contributed by atoms with E-state index < -0.39 is 5.41 Å². The first-order valence-electron chi connectivity index (χ1n) is 7.59.